The van der Waals surface area contributed by atoms with Crippen LogP contribution < -0.4 is 5.32 Å². The molecular weight excluding hydrogens is 298 g/mol. The summed E-state index contributed by atoms with van der Waals surface area (Å²) < 4.78 is 0.758. The number of rotatable bonds is 6. The van der Waals surface area contributed by atoms with Crippen molar-refractivity contribution in [3.63, 3.8) is 0 Å². The second kappa shape index (κ2) is 7.08. The van der Waals surface area contributed by atoms with Gasteiger partial charge in [0.1, 0.15) is 0 Å². The second-order valence-electron chi connectivity index (χ2n) is 4.36. The van der Waals surface area contributed by atoms with Crippen LogP contribution in [0.5, 0.6) is 0 Å². The maximum atomic E-state index is 11.8. The van der Waals surface area contributed by atoms with Crippen LogP contribution in [0, 0.1) is 0 Å². The molecule has 0 radical (unpaired) electrons. The maximum Gasteiger partial charge on any atom is 0.220 e. The number of thiophene rings is 2. The summed E-state index contributed by atoms with van der Waals surface area (Å²) in [5.74, 6) is 0.105. The second-order valence-corrected chi connectivity index (χ2v) is 7.14. The average Bonchev–Trinajstić information content (AvgIpc) is 3.00. The molecular formula is C14H16ClNOS2. The summed E-state index contributed by atoms with van der Waals surface area (Å²) in [5.41, 5.74) is 0. The SMILES string of the molecule is C[C@H](NC(=O)CCCc1cccs1)c1ccc(Cl)s1. The molecule has 2 nitrogen and oxygen atoms in total. The normalized spacial score (nSPS) is 12.3. The van der Waals surface area contributed by atoms with E-state index in [1.54, 1.807) is 11.3 Å². The molecule has 0 unspecified atom stereocenters. The molecule has 2 aromatic rings. The first kappa shape index (κ1) is 14.6. The molecule has 0 saturated carbocycles. The van der Waals surface area contributed by atoms with Crippen molar-refractivity contribution in [3.05, 3.63) is 43.7 Å². The fourth-order valence-corrected chi connectivity index (χ4v) is 3.64. The summed E-state index contributed by atoms with van der Waals surface area (Å²) in [6.45, 7) is 1.99. The van der Waals surface area contributed by atoms with E-state index in [0.29, 0.717) is 6.42 Å². The molecule has 0 aliphatic rings. The number of amides is 1. The van der Waals surface area contributed by atoms with Crippen LogP contribution in [0.1, 0.15) is 35.6 Å². The van der Waals surface area contributed by atoms with Gasteiger partial charge in [0, 0.05) is 16.2 Å². The van der Waals surface area contributed by atoms with Crippen LogP contribution in [0.4, 0.5) is 0 Å². The van der Waals surface area contributed by atoms with Gasteiger partial charge >= 0.3 is 0 Å². The Balaban J connectivity index is 1.72. The van der Waals surface area contributed by atoms with Gasteiger partial charge in [0.05, 0.1) is 10.4 Å². The fraction of sp³-hybridized carbons (Fsp3) is 0.357. The van der Waals surface area contributed by atoms with Gasteiger partial charge in [0.15, 0.2) is 0 Å². The van der Waals surface area contributed by atoms with Gasteiger partial charge in [0.2, 0.25) is 5.91 Å². The van der Waals surface area contributed by atoms with E-state index >= 15 is 0 Å². The lowest BCUT2D eigenvalue weighted by Gasteiger charge is -2.11. The van der Waals surface area contributed by atoms with Crippen molar-refractivity contribution >= 4 is 40.2 Å². The van der Waals surface area contributed by atoms with Gasteiger partial charge < -0.3 is 5.32 Å². The third kappa shape index (κ3) is 4.64. The highest BCUT2D eigenvalue weighted by Crippen LogP contribution is 2.26. The Bertz CT molecular complexity index is 521. The van der Waals surface area contributed by atoms with Gasteiger partial charge in [-0.15, -0.1) is 22.7 Å². The number of hydrogen-bond donors (Lipinski definition) is 1. The molecule has 19 heavy (non-hydrogen) atoms. The van der Waals surface area contributed by atoms with Crippen molar-refractivity contribution in [2.24, 2.45) is 0 Å². The summed E-state index contributed by atoms with van der Waals surface area (Å²) in [6, 6.07) is 8.01. The molecule has 0 aliphatic carbocycles. The summed E-state index contributed by atoms with van der Waals surface area (Å²) in [4.78, 5) is 14.3. The van der Waals surface area contributed by atoms with Gasteiger partial charge in [-0.2, -0.15) is 0 Å². The molecule has 0 spiro atoms. The van der Waals surface area contributed by atoms with E-state index in [4.69, 9.17) is 11.6 Å². The fourth-order valence-electron chi connectivity index (χ4n) is 1.82. The van der Waals surface area contributed by atoms with Crippen molar-refractivity contribution < 1.29 is 4.79 Å². The minimum atomic E-state index is 0.0340. The lowest BCUT2D eigenvalue weighted by molar-refractivity contribution is -0.121. The van der Waals surface area contributed by atoms with E-state index in [2.05, 4.69) is 16.8 Å². The van der Waals surface area contributed by atoms with Gasteiger partial charge in [0.25, 0.3) is 0 Å². The molecule has 0 fully saturated rings. The number of halogens is 1. The predicted molar refractivity (Wildman–Crippen MR) is 83.1 cm³/mol. The lowest BCUT2D eigenvalue weighted by Crippen LogP contribution is -2.25. The monoisotopic (exact) mass is 313 g/mol. The van der Waals surface area contributed by atoms with Crippen LogP contribution in [0.15, 0.2) is 29.6 Å². The Morgan fingerprint density at radius 1 is 1.42 bits per heavy atom. The Hall–Kier alpha value is -0.840. The molecule has 1 atom stereocenters. The molecule has 1 amide bonds. The van der Waals surface area contributed by atoms with Gasteiger partial charge in [-0.3, -0.25) is 4.79 Å². The molecule has 0 saturated heterocycles. The molecule has 102 valence electrons. The highest BCUT2D eigenvalue weighted by atomic mass is 35.5. The van der Waals surface area contributed by atoms with Crippen molar-refractivity contribution in [1.29, 1.82) is 0 Å². The molecule has 0 aromatic carbocycles. The Kier molecular flexibility index (Phi) is 5.43. The van der Waals surface area contributed by atoms with Crippen LogP contribution in [-0.4, -0.2) is 5.91 Å². The summed E-state index contributed by atoms with van der Waals surface area (Å²) in [5, 5.41) is 5.07. The smallest absolute Gasteiger partial charge is 0.220 e. The van der Waals surface area contributed by atoms with Crippen LogP contribution >= 0.6 is 34.3 Å². The van der Waals surface area contributed by atoms with Crippen LogP contribution in [-0.2, 0) is 11.2 Å². The topological polar surface area (TPSA) is 29.1 Å². The van der Waals surface area contributed by atoms with E-state index in [1.165, 1.54) is 16.2 Å². The minimum absolute atomic E-state index is 0.0340. The molecule has 5 heteroatoms. The quantitative estimate of drug-likeness (QED) is 0.825. The van der Waals surface area contributed by atoms with Gasteiger partial charge in [-0.1, -0.05) is 17.7 Å². The van der Waals surface area contributed by atoms with E-state index in [1.807, 2.05) is 25.1 Å². The first-order valence-corrected chi connectivity index (χ1v) is 8.29. The summed E-state index contributed by atoms with van der Waals surface area (Å²) in [7, 11) is 0. The maximum absolute atomic E-state index is 11.8. The van der Waals surface area contributed by atoms with Crippen molar-refractivity contribution in [2.75, 3.05) is 0 Å². The predicted octanol–water partition coefficient (Wildman–Crippen LogP) is 4.66. The van der Waals surface area contributed by atoms with E-state index < -0.39 is 0 Å². The minimum Gasteiger partial charge on any atom is -0.349 e. The van der Waals surface area contributed by atoms with E-state index in [-0.39, 0.29) is 11.9 Å². The number of aryl methyl sites for hydroxylation is 1. The van der Waals surface area contributed by atoms with Crippen molar-refractivity contribution in [1.82, 2.24) is 5.32 Å². The first-order valence-electron chi connectivity index (χ1n) is 6.22. The highest BCUT2D eigenvalue weighted by Gasteiger charge is 2.11. The Morgan fingerprint density at radius 2 is 2.26 bits per heavy atom. The highest BCUT2D eigenvalue weighted by molar-refractivity contribution is 7.16. The Labute approximate surface area is 126 Å². The largest absolute Gasteiger partial charge is 0.349 e. The van der Waals surface area contributed by atoms with Crippen LogP contribution in [0.3, 0.4) is 0 Å². The number of carbonyl (C=O) groups excluding carboxylic acids is 1. The third-order valence-electron chi connectivity index (χ3n) is 2.81. The van der Waals surface area contributed by atoms with Gasteiger partial charge in [-0.25, -0.2) is 0 Å². The number of carbonyl (C=O) groups is 1. The van der Waals surface area contributed by atoms with E-state index in [9.17, 15) is 4.79 Å². The van der Waals surface area contributed by atoms with Gasteiger partial charge in [-0.05, 0) is 43.3 Å². The van der Waals surface area contributed by atoms with Crippen molar-refractivity contribution in [3.8, 4) is 0 Å². The van der Waals surface area contributed by atoms with E-state index in [0.717, 1.165) is 22.1 Å². The lowest BCUT2D eigenvalue weighted by atomic mass is 10.2. The van der Waals surface area contributed by atoms with Crippen LogP contribution in [0.2, 0.25) is 4.34 Å². The molecule has 0 aliphatic heterocycles. The average molecular weight is 314 g/mol. The standard InChI is InChI=1S/C14H16ClNOS2/c1-10(12-7-8-13(15)19-12)16-14(17)6-2-4-11-5-3-9-18-11/h3,5,7-10H,2,4,6H2,1H3,(H,16,17)/t10-/m0/s1. The zero-order valence-electron chi connectivity index (χ0n) is 10.7. The van der Waals surface area contributed by atoms with Crippen LogP contribution in [0.25, 0.3) is 0 Å². The molecule has 2 heterocycles. The number of hydrogen-bond acceptors (Lipinski definition) is 3. The molecule has 1 N–H and O–H groups in total. The molecule has 2 rings (SSSR count). The van der Waals surface area contributed by atoms with Crippen molar-refractivity contribution in [2.45, 2.75) is 32.2 Å². The zero-order chi connectivity index (χ0) is 13.7. The first-order chi connectivity index (χ1) is 9.15. The number of nitrogens with one attached hydrogen (secondary N) is 1. The zero-order valence-corrected chi connectivity index (χ0v) is 13.1. The molecule has 2 aromatic heterocycles. The third-order valence-corrected chi connectivity index (χ3v) is 5.16. The summed E-state index contributed by atoms with van der Waals surface area (Å²) >= 11 is 9.14. The molecule has 0 bridgehead atoms. The Morgan fingerprint density at radius 3 is 2.89 bits per heavy atom. The summed E-state index contributed by atoms with van der Waals surface area (Å²) in [6.07, 6.45) is 2.44.